The number of rotatable bonds is 17. The summed E-state index contributed by atoms with van der Waals surface area (Å²) in [6.45, 7) is 19.0. The van der Waals surface area contributed by atoms with Crippen molar-refractivity contribution < 1.29 is 32.4 Å². The molecule has 2 saturated carbocycles. The predicted molar refractivity (Wildman–Crippen MR) is 193 cm³/mol. The Balaban J connectivity index is 1.87. The van der Waals surface area contributed by atoms with Crippen molar-refractivity contribution in [1.82, 2.24) is 4.90 Å². The summed E-state index contributed by atoms with van der Waals surface area (Å²) in [6.07, 6.45) is 11.9. The highest BCUT2D eigenvalue weighted by Crippen LogP contribution is 2.65. The molecule has 0 N–H and O–H groups in total. The van der Waals surface area contributed by atoms with Crippen LogP contribution in [0.5, 0.6) is 0 Å². The smallest absolute Gasteiger partial charge is 0.227 e. The molecule has 3 rings (SSSR count). The van der Waals surface area contributed by atoms with Gasteiger partial charge in [-0.25, -0.2) is 8.42 Å². The van der Waals surface area contributed by atoms with Crippen LogP contribution < -0.4 is 0 Å². The Hall–Kier alpha value is -2.60. The number of amides is 1. The van der Waals surface area contributed by atoms with Crippen LogP contribution in [0.2, 0.25) is 0 Å². The van der Waals surface area contributed by atoms with Crippen LogP contribution in [0.25, 0.3) is 0 Å². The number of nitrogens with zero attached hydrogens (tertiary/aromatic N) is 1. The van der Waals surface area contributed by atoms with E-state index in [0.717, 1.165) is 19.3 Å². The summed E-state index contributed by atoms with van der Waals surface area (Å²) >= 11 is 0. The first kappa shape index (κ1) is 40.8. The molecule has 0 bridgehead atoms. The maximum Gasteiger partial charge on any atom is 0.227 e. The zero-order valence-electron chi connectivity index (χ0n) is 31.4. The van der Waals surface area contributed by atoms with Crippen LogP contribution in [0.3, 0.4) is 0 Å². The van der Waals surface area contributed by atoms with Crippen molar-refractivity contribution in [1.29, 1.82) is 0 Å². The Morgan fingerprint density at radius 3 is 2.14 bits per heavy atom. The largest absolute Gasteiger partial charge is 0.332 e. The topological polar surface area (TPSA) is 123 Å². The van der Waals surface area contributed by atoms with Crippen molar-refractivity contribution in [3.8, 4) is 12.3 Å². The minimum Gasteiger partial charge on any atom is -0.332 e. The normalized spacial score (nSPS) is 24.2. The van der Waals surface area contributed by atoms with Gasteiger partial charge in [0.2, 0.25) is 11.7 Å². The van der Waals surface area contributed by atoms with E-state index in [2.05, 4.69) is 26.3 Å². The third kappa shape index (κ3) is 9.40. The molecule has 0 aromatic carbocycles. The van der Waals surface area contributed by atoms with Gasteiger partial charge in [-0.1, -0.05) is 60.0 Å². The minimum atomic E-state index is -3.47. The van der Waals surface area contributed by atoms with Gasteiger partial charge in [0.15, 0.2) is 21.4 Å². The fourth-order valence-electron chi connectivity index (χ4n) is 8.39. The summed E-state index contributed by atoms with van der Waals surface area (Å²) in [4.78, 5) is 70.1. The number of piperidine rings is 1. The van der Waals surface area contributed by atoms with Gasteiger partial charge in [-0.3, -0.25) is 24.0 Å². The Morgan fingerprint density at radius 1 is 1.00 bits per heavy atom. The number of terminal acetylenes is 1. The number of fused-ring (bicyclic) bond motifs is 1. The van der Waals surface area contributed by atoms with E-state index in [1.54, 1.807) is 31.7 Å². The lowest BCUT2D eigenvalue weighted by Gasteiger charge is -2.40. The second kappa shape index (κ2) is 15.3. The number of carbonyl (C=O) groups is 5. The van der Waals surface area contributed by atoms with Gasteiger partial charge in [0, 0.05) is 50.5 Å². The van der Waals surface area contributed by atoms with Gasteiger partial charge in [0.05, 0.1) is 16.5 Å². The van der Waals surface area contributed by atoms with Crippen molar-refractivity contribution in [3.05, 3.63) is 12.7 Å². The van der Waals surface area contributed by atoms with Crippen molar-refractivity contribution >= 4 is 38.9 Å². The van der Waals surface area contributed by atoms with Crippen LogP contribution in [-0.2, 0) is 33.8 Å². The zero-order valence-corrected chi connectivity index (χ0v) is 32.2. The molecular formula is C40H61NO7S. The number of ketones is 4. The summed E-state index contributed by atoms with van der Waals surface area (Å²) in [6, 6.07) is -0.751. The Labute approximate surface area is 295 Å². The van der Waals surface area contributed by atoms with Crippen LogP contribution >= 0.6 is 0 Å². The molecule has 9 heteroatoms. The molecule has 0 aromatic heterocycles. The molecule has 0 radical (unpaired) electrons. The quantitative estimate of drug-likeness (QED) is 0.0937. The third-order valence-electron chi connectivity index (χ3n) is 11.8. The van der Waals surface area contributed by atoms with E-state index in [9.17, 15) is 32.4 Å². The number of hydrogen-bond acceptors (Lipinski definition) is 7. The number of allylic oxidation sites excluding steroid dienone is 1. The van der Waals surface area contributed by atoms with E-state index in [1.165, 1.54) is 0 Å². The second-order valence-electron chi connectivity index (χ2n) is 17.9. The van der Waals surface area contributed by atoms with Gasteiger partial charge in [0.1, 0.15) is 5.78 Å². The van der Waals surface area contributed by atoms with Crippen LogP contribution in [0.4, 0.5) is 0 Å². The lowest BCUT2D eigenvalue weighted by atomic mass is 9.70. The maximum absolute atomic E-state index is 14.5. The molecule has 49 heavy (non-hydrogen) atoms. The summed E-state index contributed by atoms with van der Waals surface area (Å²) < 4.78 is 25.8. The number of Topliss-reactive ketones (excluding diaryl/α,β-unsaturated/α-hetero) is 4. The first-order chi connectivity index (χ1) is 22.5. The summed E-state index contributed by atoms with van der Waals surface area (Å²) in [7, 11) is -3.47. The Kier molecular flexibility index (Phi) is 12.8. The van der Waals surface area contributed by atoms with Gasteiger partial charge in [0.25, 0.3) is 0 Å². The molecule has 1 amide bonds. The van der Waals surface area contributed by atoms with Gasteiger partial charge in [-0.05, 0) is 74.5 Å². The fraction of sp³-hybridized carbons (Fsp3) is 0.775. The molecular weight excluding hydrogens is 639 g/mol. The number of sulfone groups is 1. The van der Waals surface area contributed by atoms with E-state index in [4.69, 9.17) is 6.42 Å². The molecule has 0 spiro atoms. The maximum atomic E-state index is 14.5. The highest BCUT2D eigenvalue weighted by atomic mass is 32.2. The average molecular weight is 700 g/mol. The monoisotopic (exact) mass is 699 g/mol. The van der Waals surface area contributed by atoms with Gasteiger partial charge < -0.3 is 4.90 Å². The molecule has 2 aliphatic carbocycles. The SMILES string of the molecule is C#CCCC(CC(=O)[C@@H]1[C@@H]2C(CN1C(=O)[C@@H](CC(=O)CC1(CS(=O)(=O)C(C)(C)C)CCCCC1)C(C)(C)C)C2(C)C)C(=O)C(=O)CCC=C. The van der Waals surface area contributed by atoms with Gasteiger partial charge in [-0.2, -0.15) is 0 Å². The molecule has 1 aliphatic heterocycles. The average Bonchev–Trinajstić information content (AvgIpc) is 3.30. The first-order valence-corrected chi connectivity index (χ1v) is 19.9. The van der Waals surface area contributed by atoms with Crippen molar-refractivity contribution in [3.63, 3.8) is 0 Å². The summed E-state index contributed by atoms with van der Waals surface area (Å²) in [5.74, 6) is -0.817. The first-order valence-electron chi connectivity index (χ1n) is 18.2. The van der Waals surface area contributed by atoms with Crippen LogP contribution in [0.15, 0.2) is 12.7 Å². The molecule has 1 heterocycles. The highest BCUT2D eigenvalue weighted by molar-refractivity contribution is 7.92. The van der Waals surface area contributed by atoms with Crippen LogP contribution in [0, 0.1) is 52.3 Å². The highest BCUT2D eigenvalue weighted by Gasteiger charge is 2.69. The van der Waals surface area contributed by atoms with Crippen LogP contribution in [-0.4, -0.2) is 65.4 Å². The summed E-state index contributed by atoms with van der Waals surface area (Å²) in [5, 5.41) is 0. The lowest BCUT2D eigenvalue weighted by Crippen LogP contribution is -2.51. The third-order valence-corrected chi connectivity index (χ3v) is 14.7. The number of likely N-dealkylation sites (tertiary alicyclic amines) is 1. The molecule has 1 saturated heterocycles. The van der Waals surface area contributed by atoms with Crippen molar-refractivity contribution in [2.75, 3.05) is 12.3 Å². The molecule has 8 nitrogen and oxygen atoms in total. The van der Waals surface area contributed by atoms with E-state index in [0.29, 0.717) is 25.8 Å². The summed E-state index contributed by atoms with van der Waals surface area (Å²) in [5.41, 5.74) is -1.41. The predicted octanol–water partition coefficient (Wildman–Crippen LogP) is 6.74. The molecule has 5 atom stereocenters. The lowest BCUT2D eigenvalue weighted by molar-refractivity contribution is -0.148. The van der Waals surface area contributed by atoms with E-state index in [-0.39, 0.29) is 79.0 Å². The fourth-order valence-corrected chi connectivity index (χ4v) is 10.0. The molecule has 274 valence electrons. The standard InChI is InChI=1S/C40H61NO7S/c1-11-13-18-27(35(45)31(43)19-14-12-2)22-32(44)34-33-30(39(33,9)10)25-41(34)36(46)29(37(3,4)5)23-28(42)24-40(20-16-15-17-21-40)26-49(47,48)38(6,7)8/h1,12,27,29-30,33-34H,2,13-26H2,3-10H3/t27?,29-,30?,33+,34-/m1/s1. The van der Waals surface area contributed by atoms with Crippen molar-refractivity contribution in [2.24, 2.45) is 39.9 Å². The molecule has 3 aliphatic rings. The van der Waals surface area contributed by atoms with E-state index in [1.807, 2.05) is 20.8 Å². The van der Waals surface area contributed by atoms with Gasteiger partial charge >= 0.3 is 0 Å². The minimum absolute atomic E-state index is 0.0273. The van der Waals surface area contributed by atoms with Crippen molar-refractivity contribution in [2.45, 2.75) is 143 Å². The zero-order chi connectivity index (χ0) is 37.2. The van der Waals surface area contributed by atoms with Gasteiger partial charge in [-0.15, -0.1) is 18.9 Å². The Bertz CT molecular complexity index is 1450. The molecule has 0 aromatic rings. The van der Waals surface area contributed by atoms with Crippen LogP contribution in [0.1, 0.15) is 132 Å². The van der Waals surface area contributed by atoms with E-state index >= 15 is 0 Å². The molecule has 3 fully saturated rings. The second-order valence-corrected chi connectivity index (χ2v) is 20.6. The number of carbonyl (C=O) groups excluding carboxylic acids is 5. The Morgan fingerprint density at radius 2 is 1.61 bits per heavy atom. The van der Waals surface area contributed by atoms with E-state index < -0.39 is 54.9 Å². The molecule has 2 unspecified atom stereocenters. The number of hydrogen-bond donors (Lipinski definition) is 0.